The molecule has 0 fully saturated rings. The number of ether oxygens (including phenoxy) is 3. The second kappa shape index (κ2) is 9.47. The molecular weight excluding hydrogens is 348 g/mol. The van der Waals surface area contributed by atoms with Gasteiger partial charge in [-0.3, -0.25) is 4.79 Å². The van der Waals surface area contributed by atoms with E-state index in [2.05, 4.69) is 5.32 Å². The Morgan fingerprint density at radius 2 is 1.74 bits per heavy atom. The van der Waals surface area contributed by atoms with Crippen molar-refractivity contribution in [2.24, 2.45) is 0 Å². The summed E-state index contributed by atoms with van der Waals surface area (Å²) in [4.78, 5) is 25.8. The third-order valence-electron chi connectivity index (χ3n) is 3.86. The maximum Gasteiger partial charge on any atom is 0.338 e. The van der Waals surface area contributed by atoms with E-state index in [1.54, 1.807) is 75.6 Å². The molecule has 0 saturated heterocycles. The van der Waals surface area contributed by atoms with E-state index < -0.39 is 0 Å². The Balaban J connectivity index is 2.02. The minimum absolute atomic E-state index is 0.114. The van der Waals surface area contributed by atoms with Crippen LogP contribution in [-0.2, 0) is 9.53 Å². The maximum atomic E-state index is 12.4. The second-order valence-electron chi connectivity index (χ2n) is 5.74. The van der Waals surface area contributed by atoms with E-state index in [9.17, 15) is 9.59 Å². The van der Waals surface area contributed by atoms with Crippen LogP contribution >= 0.6 is 0 Å². The molecule has 0 aliphatic carbocycles. The lowest BCUT2D eigenvalue weighted by atomic mass is 10.2. The van der Waals surface area contributed by atoms with Crippen LogP contribution in [0.2, 0.25) is 0 Å². The molecule has 1 amide bonds. The lowest BCUT2D eigenvalue weighted by Gasteiger charge is -2.22. The Hall–Kier alpha value is -3.22. The summed E-state index contributed by atoms with van der Waals surface area (Å²) in [7, 11) is 4.95. The number of hydrogen-bond donors (Lipinski definition) is 1. The summed E-state index contributed by atoms with van der Waals surface area (Å²) in [6, 6.07) is 11.9. The third kappa shape index (κ3) is 5.37. The number of benzene rings is 2. The molecule has 0 heterocycles. The van der Waals surface area contributed by atoms with Gasteiger partial charge in [0.05, 0.1) is 38.6 Å². The number of amides is 1. The molecule has 2 aromatic carbocycles. The summed E-state index contributed by atoms with van der Waals surface area (Å²) in [5.41, 5.74) is 1.77. The van der Waals surface area contributed by atoms with Gasteiger partial charge < -0.3 is 24.4 Å². The van der Waals surface area contributed by atoms with Crippen LogP contribution in [-0.4, -0.2) is 46.3 Å². The molecule has 0 aliphatic rings. The van der Waals surface area contributed by atoms with Gasteiger partial charge in [0.1, 0.15) is 11.5 Å². The SMILES string of the molecule is CCOC(=O)c1ccc(NC(=O)CN(C)c2cc(OC)ccc2OC)cc1. The minimum Gasteiger partial charge on any atom is -0.497 e. The van der Waals surface area contributed by atoms with E-state index in [0.29, 0.717) is 29.4 Å². The average molecular weight is 372 g/mol. The standard InChI is InChI=1S/C20H24N2O5/c1-5-27-20(24)14-6-8-15(9-7-14)21-19(23)13-22(2)17-12-16(25-3)10-11-18(17)26-4/h6-12H,5,13H2,1-4H3,(H,21,23). The molecule has 27 heavy (non-hydrogen) atoms. The molecule has 144 valence electrons. The van der Waals surface area contributed by atoms with Crippen LogP contribution < -0.4 is 19.7 Å². The molecule has 0 aromatic heterocycles. The number of likely N-dealkylation sites (N-methyl/N-ethyl adjacent to an activating group) is 1. The average Bonchev–Trinajstić information content (AvgIpc) is 2.68. The van der Waals surface area contributed by atoms with E-state index >= 15 is 0 Å². The number of rotatable bonds is 8. The van der Waals surface area contributed by atoms with Crippen molar-refractivity contribution in [2.45, 2.75) is 6.92 Å². The van der Waals surface area contributed by atoms with E-state index in [1.807, 2.05) is 0 Å². The van der Waals surface area contributed by atoms with Crippen molar-refractivity contribution in [3.63, 3.8) is 0 Å². The molecule has 7 nitrogen and oxygen atoms in total. The van der Waals surface area contributed by atoms with Gasteiger partial charge in [0.15, 0.2) is 0 Å². The lowest BCUT2D eigenvalue weighted by Crippen LogP contribution is -2.30. The maximum absolute atomic E-state index is 12.4. The van der Waals surface area contributed by atoms with Crippen LogP contribution in [0.25, 0.3) is 0 Å². The fourth-order valence-corrected chi connectivity index (χ4v) is 2.50. The van der Waals surface area contributed by atoms with Crippen molar-refractivity contribution >= 4 is 23.3 Å². The molecule has 7 heteroatoms. The fraction of sp³-hybridized carbons (Fsp3) is 0.300. The van der Waals surface area contributed by atoms with Crippen LogP contribution in [0.15, 0.2) is 42.5 Å². The quantitative estimate of drug-likeness (QED) is 0.718. The van der Waals surface area contributed by atoms with Gasteiger partial charge in [-0.05, 0) is 43.3 Å². The van der Waals surface area contributed by atoms with E-state index in [0.717, 1.165) is 5.69 Å². The Kier molecular flexibility index (Phi) is 7.05. The van der Waals surface area contributed by atoms with Crippen molar-refractivity contribution in [3.05, 3.63) is 48.0 Å². The molecule has 0 bridgehead atoms. The largest absolute Gasteiger partial charge is 0.497 e. The summed E-state index contributed by atoms with van der Waals surface area (Å²) < 4.78 is 15.5. The monoisotopic (exact) mass is 372 g/mol. The number of anilines is 2. The molecule has 0 unspecified atom stereocenters. The molecule has 0 spiro atoms. The van der Waals surface area contributed by atoms with Gasteiger partial charge in [0, 0.05) is 18.8 Å². The van der Waals surface area contributed by atoms with E-state index in [-0.39, 0.29) is 18.4 Å². The van der Waals surface area contributed by atoms with Crippen molar-refractivity contribution in [2.75, 3.05) is 44.6 Å². The summed E-state index contributed by atoms with van der Waals surface area (Å²) in [6.07, 6.45) is 0. The predicted molar refractivity (Wildman–Crippen MR) is 104 cm³/mol. The predicted octanol–water partition coefficient (Wildman–Crippen LogP) is 2.96. The van der Waals surface area contributed by atoms with E-state index in [4.69, 9.17) is 14.2 Å². The smallest absolute Gasteiger partial charge is 0.338 e. The number of nitrogens with zero attached hydrogens (tertiary/aromatic N) is 1. The van der Waals surface area contributed by atoms with Gasteiger partial charge in [-0.1, -0.05) is 0 Å². The van der Waals surface area contributed by atoms with Crippen LogP contribution in [0.5, 0.6) is 11.5 Å². The molecule has 1 N–H and O–H groups in total. The zero-order chi connectivity index (χ0) is 19.8. The summed E-state index contributed by atoms with van der Waals surface area (Å²) in [6.45, 7) is 2.18. The number of carbonyl (C=O) groups is 2. The summed E-state index contributed by atoms with van der Waals surface area (Å²) in [5.74, 6) is 0.726. The molecule has 2 aromatic rings. The Morgan fingerprint density at radius 1 is 1.04 bits per heavy atom. The van der Waals surface area contributed by atoms with Crippen LogP contribution in [0, 0.1) is 0 Å². The molecule has 0 saturated carbocycles. The van der Waals surface area contributed by atoms with Crippen molar-refractivity contribution in [1.82, 2.24) is 0 Å². The molecule has 2 rings (SSSR count). The van der Waals surface area contributed by atoms with Crippen LogP contribution in [0.3, 0.4) is 0 Å². The number of hydrogen-bond acceptors (Lipinski definition) is 6. The van der Waals surface area contributed by atoms with Gasteiger partial charge in [-0.25, -0.2) is 4.79 Å². The third-order valence-corrected chi connectivity index (χ3v) is 3.86. The molecule has 0 aliphatic heterocycles. The first-order valence-corrected chi connectivity index (χ1v) is 8.48. The van der Waals surface area contributed by atoms with Gasteiger partial charge in [-0.2, -0.15) is 0 Å². The van der Waals surface area contributed by atoms with Crippen molar-refractivity contribution in [3.8, 4) is 11.5 Å². The zero-order valence-electron chi connectivity index (χ0n) is 15.9. The highest BCUT2D eigenvalue weighted by atomic mass is 16.5. The first kappa shape index (κ1) is 20.1. The zero-order valence-corrected chi connectivity index (χ0v) is 15.9. The summed E-state index contributed by atoms with van der Waals surface area (Å²) >= 11 is 0. The minimum atomic E-state index is -0.389. The number of carbonyl (C=O) groups excluding carboxylic acids is 2. The molecular formula is C20H24N2O5. The first-order valence-electron chi connectivity index (χ1n) is 8.48. The normalized spacial score (nSPS) is 10.1. The molecule has 0 radical (unpaired) electrons. The highest BCUT2D eigenvalue weighted by Gasteiger charge is 2.14. The second-order valence-corrected chi connectivity index (χ2v) is 5.74. The Bertz CT molecular complexity index is 789. The van der Waals surface area contributed by atoms with Crippen molar-refractivity contribution < 1.29 is 23.8 Å². The van der Waals surface area contributed by atoms with Gasteiger partial charge in [-0.15, -0.1) is 0 Å². The van der Waals surface area contributed by atoms with Crippen molar-refractivity contribution in [1.29, 1.82) is 0 Å². The number of methoxy groups -OCH3 is 2. The fourth-order valence-electron chi connectivity index (χ4n) is 2.50. The Labute approximate surface area is 158 Å². The number of esters is 1. The van der Waals surface area contributed by atoms with Gasteiger partial charge >= 0.3 is 5.97 Å². The Morgan fingerprint density at radius 3 is 2.33 bits per heavy atom. The lowest BCUT2D eigenvalue weighted by molar-refractivity contribution is -0.114. The van der Waals surface area contributed by atoms with Gasteiger partial charge in [0.2, 0.25) is 5.91 Å². The first-order chi connectivity index (χ1) is 13.0. The van der Waals surface area contributed by atoms with Gasteiger partial charge in [0.25, 0.3) is 0 Å². The highest BCUT2D eigenvalue weighted by molar-refractivity contribution is 5.95. The topological polar surface area (TPSA) is 77.1 Å². The number of nitrogens with one attached hydrogen (secondary N) is 1. The highest BCUT2D eigenvalue weighted by Crippen LogP contribution is 2.31. The van der Waals surface area contributed by atoms with Crippen LogP contribution in [0.1, 0.15) is 17.3 Å². The molecule has 0 atom stereocenters. The van der Waals surface area contributed by atoms with E-state index in [1.165, 1.54) is 0 Å². The summed E-state index contributed by atoms with van der Waals surface area (Å²) in [5, 5.41) is 2.80. The van der Waals surface area contributed by atoms with Crippen LogP contribution in [0.4, 0.5) is 11.4 Å².